The van der Waals surface area contributed by atoms with E-state index in [0.717, 1.165) is 42.3 Å². The van der Waals surface area contributed by atoms with E-state index in [2.05, 4.69) is 25.9 Å². The minimum absolute atomic E-state index is 0.352. The highest BCUT2D eigenvalue weighted by molar-refractivity contribution is 6.31. The molecule has 0 spiro atoms. The fraction of sp³-hybridized carbons (Fsp3) is 0.696. The maximum Gasteiger partial charge on any atom is 0.336 e. The number of aromatic carboxylic acids is 1. The monoisotopic (exact) mass is 393 g/mol. The Labute approximate surface area is 170 Å². The zero-order chi connectivity index (χ0) is 20.0. The molecule has 152 valence electrons. The van der Waals surface area contributed by atoms with Gasteiger partial charge in [0, 0.05) is 11.1 Å². The SMILES string of the molecule is CCCCC(CCC1CCC(N(C)C)CC1)c1cc(Cl)cc(C(=O)O)c1C. The minimum atomic E-state index is -0.882. The summed E-state index contributed by atoms with van der Waals surface area (Å²) >= 11 is 6.27. The van der Waals surface area contributed by atoms with Crippen LogP contribution in [-0.2, 0) is 0 Å². The Kier molecular flexibility index (Phi) is 8.62. The van der Waals surface area contributed by atoms with Crippen molar-refractivity contribution in [1.29, 1.82) is 0 Å². The lowest BCUT2D eigenvalue weighted by Crippen LogP contribution is -2.32. The number of benzene rings is 1. The highest BCUT2D eigenvalue weighted by atomic mass is 35.5. The molecule has 0 bridgehead atoms. The topological polar surface area (TPSA) is 40.5 Å². The summed E-state index contributed by atoms with van der Waals surface area (Å²) in [6.07, 6.45) is 11.1. The minimum Gasteiger partial charge on any atom is -0.478 e. The first-order valence-electron chi connectivity index (χ1n) is 10.5. The molecule has 1 aromatic rings. The fourth-order valence-electron chi connectivity index (χ4n) is 4.64. The second kappa shape index (κ2) is 10.5. The number of carboxylic acids is 1. The van der Waals surface area contributed by atoms with Crippen LogP contribution in [0.15, 0.2) is 12.1 Å². The average Bonchev–Trinajstić information content (AvgIpc) is 2.64. The summed E-state index contributed by atoms with van der Waals surface area (Å²) in [5.41, 5.74) is 2.39. The van der Waals surface area contributed by atoms with Crippen molar-refractivity contribution in [2.24, 2.45) is 5.92 Å². The Morgan fingerprint density at radius 3 is 2.44 bits per heavy atom. The van der Waals surface area contributed by atoms with E-state index in [1.165, 1.54) is 38.5 Å². The molecule has 1 aromatic carbocycles. The van der Waals surface area contributed by atoms with Crippen LogP contribution in [0, 0.1) is 12.8 Å². The summed E-state index contributed by atoms with van der Waals surface area (Å²) in [7, 11) is 4.38. The fourth-order valence-corrected chi connectivity index (χ4v) is 4.87. The number of hydrogen-bond donors (Lipinski definition) is 1. The van der Waals surface area contributed by atoms with Gasteiger partial charge >= 0.3 is 5.97 Å². The number of carboxylic acid groups (broad SMARTS) is 1. The molecule has 0 heterocycles. The maximum absolute atomic E-state index is 11.6. The Morgan fingerprint density at radius 1 is 1.22 bits per heavy atom. The van der Waals surface area contributed by atoms with Crippen molar-refractivity contribution in [3.63, 3.8) is 0 Å². The second-order valence-electron chi connectivity index (χ2n) is 8.53. The summed E-state index contributed by atoms with van der Waals surface area (Å²) in [6.45, 7) is 4.16. The highest BCUT2D eigenvalue weighted by Gasteiger charge is 2.24. The summed E-state index contributed by atoms with van der Waals surface area (Å²) < 4.78 is 0. The van der Waals surface area contributed by atoms with Crippen molar-refractivity contribution in [3.05, 3.63) is 33.8 Å². The highest BCUT2D eigenvalue weighted by Crippen LogP contribution is 2.37. The Hall–Kier alpha value is -1.06. The zero-order valence-electron chi connectivity index (χ0n) is 17.4. The van der Waals surface area contributed by atoms with E-state index in [4.69, 9.17) is 11.6 Å². The molecular weight excluding hydrogens is 358 g/mol. The Balaban J connectivity index is 2.09. The summed E-state index contributed by atoms with van der Waals surface area (Å²) in [4.78, 5) is 14.0. The van der Waals surface area contributed by atoms with E-state index < -0.39 is 5.97 Å². The first-order valence-corrected chi connectivity index (χ1v) is 10.9. The molecule has 0 saturated heterocycles. The van der Waals surface area contributed by atoms with Crippen molar-refractivity contribution >= 4 is 17.6 Å². The van der Waals surface area contributed by atoms with Crippen LogP contribution < -0.4 is 0 Å². The van der Waals surface area contributed by atoms with Crippen LogP contribution in [0.2, 0.25) is 5.02 Å². The van der Waals surface area contributed by atoms with Crippen LogP contribution in [0.3, 0.4) is 0 Å². The van der Waals surface area contributed by atoms with Gasteiger partial charge in [0.25, 0.3) is 0 Å². The van der Waals surface area contributed by atoms with Gasteiger partial charge < -0.3 is 10.0 Å². The van der Waals surface area contributed by atoms with Crippen LogP contribution in [-0.4, -0.2) is 36.1 Å². The molecule has 1 saturated carbocycles. The van der Waals surface area contributed by atoms with Crippen LogP contribution in [0.1, 0.15) is 92.1 Å². The molecule has 2 rings (SSSR count). The van der Waals surface area contributed by atoms with Gasteiger partial charge in [-0.25, -0.2) is 4.79 Å². The second-order valence-corrected chi connectivity index (χ2v) is 8.96. The molecule has 0 aromatic heterocycles. The molecule has 0 aliphatic heterocycles. The molecule has 4 heteroatoms. The third kappa shape index (κ3) is 6.22. The molecule has 3 nitrogen and oxygen atoms in total. The number of halogens is 1. The van der Waals surface area contributed by atoms with E-state index in [9.17, 15) is 9.90 Å². The van der Waals surface area contributed by atoms with Crippen molar-refractivity contribution in [3.8, 4) is 0 Å². The molecule has 0 amide bonds. The lowest BCUT2D eigenvalue weighted by atomic mass is 9.78. The van der Waals surface area contributed by atoms with Crippen LogP contribution in [0.4, 0.5) is 0 Å². The summed E-state index contributed by atoms with van der Waals surface area (Å²) in [5, 5.41) is 10.1. The van der Waals surface area contributed by atoms with Crippen molar-refractivity contribution in [2.75, 3.05) is 14.1 Å². The number of nitrogens with zero attached hydrogens (tertiary/aromatic N) is 1. The predicted molar refractivity (Wildman–Crippen MR) is 114 cm³/mol. The molecular formula is C23H36ClNO2. The van der Waals surface area contributed by atoms with Gasteiger partial charge in [0.05, 0.1) is 5.56 Å². The third-order valence-electron chi connectivity index (χ3n) is 6.46. The van der Waals surface area contributed by atoms with Gasteiger partial charge in [0.1, 0.15) is 0 Å². The van der Waals surface area contributed by atoms with E-state index in [1.807, 2.05) is 13.0 Å². The average molecular weight is 394 g/mol. The zero-order valence-corrected chi connectivity index (χ0v) is 18.2. The largest absolute Gasteiger partial charge is 0.478 e. The van der Waals surface area contributed by atoms with Gasteiger partial charge in [-0.15, -0.1) is 0 Å². The van der Waals surface area contributed by atoms with E-state index >= 15 is 0 Å². The van der Waals surface area contributed by atoms with Gasteiger partial charge in [0.15, 0.2) is 0 Å². The number of unbranched alkanes of at least 4 members (excludes halogenated alkanes) is 1. The summed E-state index contributed by atoms with van der Waals surface area (Å²) in [5.74, 6) is 0.338. The number of rotatable bonds is 9. The van der Waals surface area contributed by atoms with Gasteiger partial charge in [-0.1, -0.05) is 31.4 Å². The van der Waals surface area contributed by atoms with Crippen molar-refractivity contribution in [2.45, 2.75) is 83.6 Å². The lowest BCUT2D eigenvalue weighted by molar-refractivity contribution is 0.0696. The van der Waals surface area contributed by atoms with Gasteiger partial charge in [-0.2, -0.15) is 0 Å². The lowest BCUT2D eigenvalue weighted by Gasteiger charge is -2.33. The number of hydrogen-bond acceptors (Lipinski definition) is 2. The molecule has 1 aliphatic rings. The molecule has 1 atom stereocenters. The smallest absolute Gasteiger partial charge is 0.336 e. The molecule has 27 heavy (non-hydrogen) atoms. The first-order chi connectivity index (χ1) is 12.8. The van der Waals surface area contributed by atoms with Gasteiger partial charge in [-0.05, 0) is 101 Å². The maximum atomic E-state index is 11.6. The van der Waals surface area contributed by atoms with Crippen LogP contribution >= 0.6 is 11.6 Å². The number of carbonyl (C=O) groups is 1. The third-order valence-corrected chi connectivity index (χ3v) is 6.68. The summed E-state index contributed by atoms with van der Waals surface area (Å²) in [6, 6.07) is 4.33. The quantitative estimate of drug-likeness (QED) is 0.519. The van der Waals surface area contributed by atoms with Crippen LogP contribution in [0.25, 0.3) is 0 Å². The molecule has 0 radical (unpaired) electrons. The standard InChI is InChI=1S/C23H36ClNO2/c1-5-6-7-18(11-8-17-9-12-20(13-10-17)25(3)4)21-14-19(24)15-22(16(21)2)23(26)27/h14-15,17-18,20H,5-13H2,1-4H3,(H,26,27). The normalized spacial score (nSPS) is 21.4. The molecule has 1 N–H and O–H groups in total. The molecule has 1 unspecified atom stereocenters. The van der Waals surface area contributed by atoms with Gasteiger partial charge in [-0.3, -0.25) is 0 Å². The van der Waals surface area contributed by atoms with Crippen LogP contribution in [0.5, 0.6) is 0 Å². The Bertz CT molecular complexity index is 621. The van der Waals surface area contributed by atoms with E-state index in [0.29, 0.717) is 16.5 Å². The predicted octanol–water partition coefficient (Wildman–Crippen LogP) is 6.52. The van der Waals surface area contributed by atoms with Crippen molar-refractivity contribution in [1.82, 2.24) is 4.90 Å². The first kappa shape index (κ1) is 22.2. The van der Waals surface area contributed by atoms with Crippen molar-refractivity contribution < 1.29 is 9.90 Å². The van der Waals surface area contributed by atoms with E-state index in [1.54, 1.807) is 6.07 Å². The van der Waals surface area contributed by atoms with E-state index in [-0.39, 0.29) is 0 Å². The molecule has 1 aliphatic carbocycles. The molecule has 1 fully saturated rings. The Morgan fingerprint density at radius 2 is 1.89 bits per heavy atom. The van der Waals surface area contributed by atoms with Gasteiger partial charge in [0.2, 0.25) is 0 Å².